The van der Waals surface area contributed by atoms with Gasteiger partial charge in [0.25, 0.3) is 0 Å². The van der Waals surface area contributed by atoms with Crippen LogP contribution in [0.5, 0.6) is 5.75 Å². The number of rotatable bonds is 1. The van der Waals surface area contributed by atoms with Gasteiger partial charge in [0.1, 0.15) is 11.9 Å². The second-order valence-corrected chi connectivity index (χ2v) is 11.0. The summed E-state index contributed by atoms with van der Waals surface area (Å²) in [6.45, 7) is 2.17. The molecule has 1 aliphatic carbocycles. The van der Waals surface area contributed by atoms with Crippen molar-refractivity contribution >= 4 is 54.1 Å². The highest BCUT2D eigenvalue weighted by Crippen LogP contribution is 2.47. The van der Waals surface area contributed by atoms with Crippen molar-refractivity contribution in [2.45, 2.75) is 18.9 Å². The Bertz CT molecular complexity index is 2230. The first kappa shape index (κ1) is 21.2. The first-order chi connectivity index (χ1) is 19.2. The lowest BCUT2D eigenvalue weighted by atomic mass is 9.85. The fourth-order valence-corrected chi connectivity index (χ4v) is 6.98. The molecule has 2 atom stereocenters. The molecule has 2 heteroatoms. The summed E-state index contributed by atoms with van der Waals surface area (Å²) in [6.07, 6.45) is 6.74. The summed E-state index contributed by atoms with van der Waals surface area (Å²) in [5, 5.41) is 10.1. The Morgan fingerprint density at radius 1 is 0.641 bits per heavy atom. The topological polar surface area (TPSA) is 14.2 Å². The van der Waals surface area contributed by atoms with Crippen LogP contribution in [0.1, 0.15) is 18.4 Å². The van der Waals surface area contributed by atoms with Gasteiger partial charge in [-0.05, 0) is 69.8 Å². The molecule has 0 N–H and O–H groups in total. The van der Waals surface area contributed by atoms with Gasteiger partial charge >= 0.3 is 0 Å². The van der Waals surface area contributed by atoms with E-state index in [1.165, 1.54) is 70.9 Å². The quantitative estimate of drug-likeness (QED) is 0.219. The highest BCUT2D eigenvalue weighted by atomic mass is 16.5. The molecule has 0 saturated carbocycles. The van der Waals surface area contributed by atoms with Crippen molar-refractivity contribution in [3.8, 4) is 11.4 Å². The van der Waals surface area contributed by atoms with E-state index in [1.54, 1.807) is 0 Å². The van der Waals surface area contributed by atoms with Crippen LogP contribution in [0.2, 0.25) is 0 Å². The van der Waals surface area contributed by atoms with Crippen molar-refractivity contribution < 1.29 is 4.74 Å². The molecule has 7 aromatic rings. The largest absolute Gasteiger partial charge is 0.485 e. The molecular weight excluding hydrogens is 474 g/mol. The monoisotopic (exact) mass is 499 g/mol. The Kier molecular flexibility index (Phi) is 4.13. The fraction of sp³-hybridized carbons (Fsp3) is 0.0811. The molecule has 2 nitrogen and oxygen atoms in total. The van der Waals surface area contributed by atoms with Crippen molar-refractivity contribution in [3.63, 3.8) is 0 Å². The summed E-state index contributed by atoms with van der Waals surface area (Å²) in [7, 11) is 0. The first-order valence-corrected chi connectivity index (χ1v) is 13.7. The Morgan fingerprint density at radius 3 is 2.28 bits per heavy atom. The SMILES string of the molecule is CC1=CC=CC2c3c(ccc4ccc(-n5c6cc7ccccc7cc6c6ccc7ccccc7c65)cc34)OC12. The van der Waals surface area contributed by atoms with Crippen molar-refractivity contribution in [3.05, 3.63) is 132 Å². The molecule has 1 aliphatic heterocycles. The minimum atomic E-state index is 0.0859. The minimum Gasteiger partial charge on any atom is -0.485 e. The van der Waals surface area contributed by atoms with Gasteiger partial charge in [0.2, 0.25) is 0 Å². The summed E-state index contributed by atoms with van der Waals surface area (Å²) >= 11 is 0. The van der Waals surface area contributed by atoms with Crippen molar-refractivity contribution in [1.29, 1.82) is 0 Å². The first-order valence-electron chi connectivity index (χ1n) is 13.7. The van der Waals surface area contributed by atoms with Gasteiger partial charge in [-0.15, -0.1) is 0 Å². The number of hydrogen-bond donors (Lipinski definition) is 0. The minimum absolute atomic E-state index is 0.0859. The van der Waals surface area contributed by atoms with Crippen LogP contribution < -0.4 is 4.74 Å². The Morgan fingerprint density at radius 2 is 1.38 bits per heavy atom. The van der Waals surface area contributed by atoms with Gasteiger partial charge in [-0.3, -0.25) is 0 Å². The van der Waals surface area contributed by atoms with E-state index in [1.807, 2.05) is 0 Å². The summed E-state index contributed by atoms with van der Waals surface area (Å²) in [5.74, 6) is 1.25. The fourth-order valence-electron chi connectivity index (χ4n) is 6.98. The Labute approximate surface area is 226 Å². The third-order valence-corrected chi connectivity index (χ3v) is 8.82. The number of benzene rings is 6. The maximum absolute atomic E-state index is 6.48. The smallest absolute Gasteiger partial charge is 0.130 e. The van der Waals surface area contributed by atoms with E-state index < -0.39 is 0 Å². The van der Waals surface area contributed by atoms with Crippen LogP contribution >= 0.6 is 0 Å². The van der Waals surface area contributed by atoms with Gasteiger partial charge in [-0.2, -0.15) is 0 Å². The van der Waals surface area contributed by atoms with Gasteiger partial charge in [-0.25, -0.2) is 0 Å². The average molecular weight is 500 g/mol. The zero-order chi connectivity index (χ0) is 25.7. The van der Waals surface area contributed by atoms with Crippen molar-refractivity contribution in [2.24, 2.45) is 0 Å². The summed E-state index contributed by atoms with van der Waals surface area (Å²) in [5.41, 5.74) is 6.26. The lowest BCUT2D eigenvalue weighted by Crippen LogP contribution is -2.20. The number of ether oxygens (including phenoxy) is 1. The molecule has 0 spiro atoms. The predicted octanol–water partition coefficient (Wildman–Crippen LogP) is 9.60. The van der Waals surface area contributed by atoms with Crippen molar-refractivity contribution in [2.75, 3.05) is 0 Å². The predicted molar refractivity (Wildman–Crippen MR) is 163 cm³/mol. The molecule has 2 aliphatic rings. The molecule has 0 amide bonds. The molecule has 2 unspecified atom stereocenters. The van der Waals surface area contributed by atoms with E-state index in [9.17, 15) is 0 Å². The molecule has 0 saturated heterocycles. The zero-order valence-electron chi connectivity index (χ0n) is 21.6. The number of aromatic nitrogens is 1. The standard InChI is InChI=1S/C37H25NO/c1-22-7-6-12-30-35-31-21-27(16-13-24(31)15-18-34(35)39-37(22)30)38-33-20-26-10-3-2-9-25(26)19-32(33)29-17-14-23-8-4-5-11-28(23)36(29)38/h2-21,30,37H,1H3. The average Bonchev–Trinajstić information content (AvgIpc) is 3.52. The van der Waals surface area contributed by atoms with E-state index in [2.05, 4.69) is 133 Å². The maximum Gasteiger partial charge on any atom is 0.130 e. The van der Waals surface area contributed by atoms with Crippen LogP contribution in [-0.2, 0) is 0 Å². The van der Waals surface area contributed by atoms with Gasteiger partial charge in [-0.1, -0.05) is 91.0 Å². The van der Waals surface area contributed by atoms with Crippen LogP contribution in [0.25, 0.3) is 59.8 Å². The Hall–Kier alpha value is -4.82. The van der Waals surface area contributed by atoms with Crippen LogP contribution in [0.3, 0.4) is 0 Å². The lowest BCUT2D eigenvalue weighted by Gasteiger charge is -2.20. The second-order valence-electron chi connectivity index (χ2n) is 11.0. The van der Waals surface area contributed by atoms with Crippen LogP contribution in [0.4, 0.5) is 0 Å². The third-order valence-electron chi connectivity index (χ3n) is 8.82. The maximum atomic E-state index is 6.48. The highest BCUT2D eigenvalue weighted by Gasteiger charge is 2.36. The van der Waals surface area contributed by atoms with Gasteiger partial charge in [0.05, 0.1) is 11.0 Å². The third kappa shape index (κ3) is 2.86. The van der Waals surface area contributed by atoms with E-state index in [-0.39, 0.29) is 12.0 Å². The van der Waals surface area contributed by atoms with Gasteiger partial charge < -0.3 is 9.30 Å². The summed E-state index contributed by atoms with van der Waals surface area (Å²) in [4.78, 5) is 0. The van der Waals surface area contributed by atoms with E-state index in [4.69, 9.17) is 4.74 Å². The molecule has 0 fully saturated rings. The number of allylic oxidation sites excluding steroid dienone is 2. The lowest BCUT2D eigenvalue weighted by molar-refractivity contribution is 0.255. The number of hydrogen-bond acceptors (Lipinski definition) is 1. The van der Waals surface area contributed by atoms with Crippen LogP contribution in [0, 0.1) is 0 Å². The zero-order valence-corrected chi connectivity index (χ0v) is 21.6. The molecule has 39 heavy (non-hydrogen) atoms. The summed E-state index contributed by atoms with van der Waals surface area (Å²) in [6, 6.07) is 38.0. The van der Waals surface area contributed by atoms with E-state index >= 15 is 0 Å². The van der Waals surface area contributed by atoms with E-state index in [0.29, 0.717) is 0 Å². The normalized spacial score (nSPS) is 18.1. The molecule has 1 aromatic heterocycles. The molecule has 2 heterocycles. The number of fused-ring (bicyclic) bond motifs is 11. The van der Waals surface area contributed by atoms with Crippen molar-refractivity contribution in [1.82, 2.24) is 4.57 Å². The summed E-state index contributed by atoms with van der Waals surface area (Å²) < 4.78 is 8.96. The molecule has 0 radical (unpaired) electrons. The molecule has 0 bridgehead atoms. The van der Waals surface area contributed by atoms with Crippen LogP contribution in [0.15, 0.2) is 127 Å². The Balaban J connectivity index is 1.41. The molecule has 6 aromatic carbocycles. The molecular formula is C37H25NO. The van der Waals surface area contributed by atoms with E-state index in [0.717, 1.165) is 5.75 Å². The second kappa shape index (κ2) is 7.61. The molecule has 184 valence electrons. The highest BCUT2D eigenvalue weighted by molar-refractivity contribution is 6.20. The number of nitrogens with zero attached hydrogens (tertiary/aromatic N) is 1. The van der Waals surface area contributed by atoms with Crippen LogP contribution in [-0.4, -0.2) is 10.7 Å². The van der Waals surface area contributed by atoms with Gasteiger partial charge in [0, 0.05) is 33.3 Å². The molecule has 9 rings (SSSR count). The van der Waals surface area contributed by atoms with Gasteiger partial charge in [0.15, 0.2) is 0 Å².